The Hall–Kier alpha value is -1.77. The third-order valence-corrected chi connectivity index (χ3v) is 6.75. The summed E-state index contributed by atoms with van der Waals surface area (Å²) in [5, 5.41) is 3.40. The highest BCUT2D eigenvalue weighted by Crippen LogP contribution is 2.30. The average molecular weight is 363 g/mol. The van der Waals surface area contributed by atoms with Crippen LogP contribution >= 0.6 is 11.3 Å². The normalized spacial score (nSPS) is 16.8. The van der Waals surface area contributed by atoms with Crippen LogP contribution in [0, 0.1) is 0 Å². The van der Waals surface area contributed by atoms with Crippen LogP contribution in [0.1, 0.15) is 40.2 Å². The molecule has 24 heavy (non-hydrogen) atoms. The molecule has 0 atom stereocenters. The molecule has 0 radical (unpaired) electrons. The van der Waals surface area contributed by atoms with Crippen LogP contribution in [0.4, 0.5) is 5.13 Å². The summed E-state index contributed by atoms with van der Waals surface area (Å²) in [7, 11) is -3.49. The van der Waals surface area contributed by atoms with Crippen molar-refractivity contribution in [1.82, 2.24) is 9.71 Å². The van der Waals surface area contributed by atoms with Gasteiger partial charge in [-0.2, -0.15) is 0 Å². The molecule has 2 N–H and O–H groups in total. The number of benzene rings is 1. The summed E-state index contributed by atoms with van der Waals surface area (Å²) in [6.07, 6.45) is 4.91. The zero-order valence-corrected chi connectivity index (χ0v) is 14.5. The minimum absolute atomic E-state index is 0.0600. The van der Waals surface area contributed by atoms with Gasteiger partial charge < -0.3 is 0 Å². The molecule has 1 fully saturated rings. The predicted molar refractivity (Wildman–Crippen MR) is 91.9 cm³/mol. The number of aryl methyl sites for hydroxylation is 2. The second-order valence-electron chi connectivity index (χ2n) is 6.12. The summed E-state index contributed by atoms with van der Waals surface area (Å²) in [5.41, 5.74) is 1.50. The Kier molecular flexibility index (Phi) is 3.90. The molecule has 1 saturated carbocycles. The number of carbonyl (C=O) groups is 1. The smallest absolute Gasteiger partial charge is 0.257 e. The van der Waals surface area contributed by atoms with Gasteiger partial charge in [-0.05, 0) is 56.4 Å². The lowest BCUT2D eigenvalue weighted by Gasteiger charge is -2.06. The van der Waals surface area contributed by atoms with Gasteiger partial charge in [0.15, 0.2) is 5.13 Å². The molecule has 1 aromatic heterocycles. The fourth-order valence-corrected chi connectivity index (χ4v) is 5.04. The summed E-state index contributed by atoms with van der Waals surface area (Å²) in [4.78, 5) is 18.1. The summed E-state index contributed by atoms with van der Waals surface area (Å²) in [5.74, 6) is -0.276. The molecule has 126 valence electrons. The zero-order valence-electron chi connectivity index (χ0n) is 12.9. The minimum Gasteiger partial charge on any atom is -0.298 e. The number of carbonyl (C=O) groups excluding carboxylic acids is 1. The number of rotatable bonds is 5. The van der Waals surface area contributed by atoms with Crippen molar-refractivity contribution >= 4 is 32.4 Å². The molecule has 2 aliphatic carbocycles. The molecule has 4 rings (SSSR count). The van der Waals surface area contributed by atoms with Crippen molar-refractivity contribution in [3.63, 3.8) is 0 Å². The number of nitrogens with zero attached hydrogens (tertiary/aromatic N) is 1. The van der Waals surface area contributed by atoms with E-state index in [-0.39, 0.29) is 16.8 Å². The number of fused-ring (bicyclic) bond motifs is 1. The van der Waals surface area contributed by atoms with Crippen LogP contribution in [0.5, 0.6) is 0 Å². The molecule has 0 aliphatic heterocycles. The zero-order chi connectivity index (χ0) is 16.7. The Balaban J connectivity index is 1.46. The largest absolute Gasteiger partial charge is 0.298 e. The van der Waals surface area contributed by atoms with Crippen LogP contribution in [0.3, 0.4) is 0 Å². The number of hydrogen-bond acceptors (Lipinski definition) is 5. The van der Waals surface area contributed by atoms with E-state index in [1.165, 1.54) is 40.5 Å². The number of aromatic nitrogens is 1. The number of sulfonamides is 1. The maximum absolute atomic E-state index is 12.3. The van der Waals surface area contributed by atoms with E-state index < -0.39 is 10.0 Å². The molecular weight excluding hydrogens is 346 g/mol. The van der Waals surface area contributed by atoms with E-state index in [0.29, 0.717) is 10.7 Å². The van der Waals surface area contributed by atoms with Crippen molar-refractivity contribution in [2.45, 2.75) is 43.0 Å². The van der Waals surface area contributed by atoms with Gasteiger partial charge in [0.2, 0.25) is 10.0 Å². The van der Waals surface area contributed by atoms with Crippen molar-refractivity contribution in [2.24, 2.45) is 0 Å². The molecule has 8 heteroatoms. The molecular formula is C16H17N3O3S2. The van der Waals surface area contributed by atoms with Gasteiger partial charge in [-0.25, -0.2) is 18.1 Å². The van der Waals surface area contributed by atoms with E-state index in [0.717, 1.165) is 37.8 Å². The highest BCUT2D eigenvalue weighted by molar-refractivity contribution is 7.89. The standard InChI is InChI=1S/C16H17N3O3S2/c20-15(18-16-17-13-2-1-3-14(13)23-16)10-4-8-12(9-5-10)24(21,22)19-11-6-7-11/h4-5,8-9,11,19H,1-3,6-7H2,(H,17,18,20). The topological polar surface area (TPSA) is 88.2 Å². The summed E-state index contributed by atoms with van der Waals surface area (Å²) in [6.45, 7) is 0. The van der Waals surface area contributed by atoms with Crippen molar-refractivity contribution in [3.8, 4) is 0 Å². The molecule has 1 amide bonds. The van der Waals surface area contributed by atoms with Crippen molar-refractivity contribution < 1.29 is 13.2 Å². The van der Waals surface area contributed by atoms with Gasteiger partial charge in [0.1, 0.15) is 0 Å². The molecule has 0 spiro atoms. The van der Waals surface area contributed by atoms with Gasteiger partial charge in [0.25, 0.3) is 5.91 Å². The number of hydrogen-bond donors (Lipinski definition) is 2. The lowest BCUT2D eigenvalue weighted by Crippen LogP contribution is -2.25. The van der Waals surface area contributed by atoms with Crippen LogP contribution in [-0.4, -0.2) is 25.4 Å². The molecule has 1 heterocycles. The maximum atomic E-state index is 12.3. The number of thiazole rings is 1. The van der Waals surface area contributed by atoms with Gasteiger partial charge in [-0.1, -0.05) is 0 Å². The van der Waals surface area contributed by atoms with Gasteiger partial charge in [0, 0.05) is 16.5 Å². The number of amides is 1. The number of nitrogens with one attached hydrogen (secondary N) is 2. The Bertz CT molecular complexity index is 862. The summed E-state index contributed by atoms with van der Waals surface area (Å²) < 4.78 is 26.8. The minimum atomic E-state index is -3.49. The van der Waals surface area contributed by atoms with Gasteiger partial charge in [-0.15, -0.1) is 11.3 Å². The van der Waals surface area contributed by atoms with E-state index in [1.54, 1.807) is 0 Å². The molecule has 0 unspecified atom stereocenters. The van der Waals surface area contributed by atoms with Crippen LogP contribution in [0.2, 0.25) is 0 Å². The number of anilines is 1. The van der Waals surface area contributed by atoms with Crippen LogP contribution < -0.4 is 10.0 Å². The van der Waals surface area contributed by atoms with Crippen molar-refractivity contribution in [1.29, 1.82) is 0 Å². The quantitative estimate of drug-likeness (QED) is 0.853. The van der Waals surface area contributed by atoms with Crippen molar-refractivity contribution in [3.05, 3.63) is 40.4 Å². The SMILES string of the molecule is O=C(Nc1nc2c(s1)CCC2)c1ccc(S(=O)(=O)NC2CC2)cc1. The first-order chi connectivity index (χ1) is 11.5. The van der Waals surface area contributed by atoms with Gasteiger partial charge in [-0.3, -0.25) is 10.1 Å². The fraction of sp³-hybridized carbons (Fsp3) is 0.375. The van der Waals surface area contributed by atoms with Crippen LogP contribution in [0.15, 0.2) is 29.2 Å². The van der Waals surface area contributed by atoms with E-state index in [9.17, 15) is 13.2 Å². The molecule has 2 aliphatic rings. The summed E-state index contributed by atoms with van der Waals surface area (Å²) >= 11 is 1.52. The molecule has 6 nitrogen and oxygen atoms in total. The Morgan fingerprint density at radius 1 is 1.17 bits per heavy atom. The first kappa shape index (κ1) is 15.7. The summed E-state index contributed by atoms with van der Waals surface area (Å²) in [6, 6.07) is 6.03. The van der Waals surface area contributed by atoms with E-state index >= 15 is 0 Å². The van der Waals surface area contributed by atoms with E-state index in [1.807, 2.05) is 0 Å². The second kappa shape index (κ2) is 5.94. The third-order valence-electron chi connectivity index (χ3n) is 4.14. The van der Waals surface area contributed by atoms with Gasteiger partial charge >= 0.3 is 0 Å². The monoisotopic (exact) mass is 363 g/mol. The average Bonchev–Trinajstić information content (AvgIpc) is 3.10. The maximum Gasteiger partial charge on any atom is 0.257 e. The third kappa shape index (κ3) is 3.22. The Morgan fingerprint density at radius 2 is 1.92 bits per heavy atom. The molecule has 0 saturated heterocycles. The fourth-order valence-electron chi connectivity index (χ4n) is 2.69. The highest BCUT2D eigenvalue weighted by atomic mass is 32.2. The first-order valence-electron chi connectivity index (χ1n) is 7.93. The van der Waals surface area contributed by atoms with E-state index in [4.69, 9.17) is 0 Å². The van der Waals surface area contributed by atoms with Crippen LogP contribution in [0.25, 0.3) is 0 Å². The predicted octanol–water partition coefficient (Wildman–Crippen LogP) is 2.32. The Labute approximate surface area is 144 Å². The molecule has 0 bridgehead atoms. The molecule has 1 aromatic carbocycles. The van der Waals surface area contributed by atoms with Crippen molar-refractivity contribution in [2.75, 3.05) is 5.32 Å². The molecule has 2 aromatic rings. The second-order valence-corrected chi connectivity index (χ2v) is 8.91. The van der Waals surface area contributed by atoms with Crippen LogP contribution in [-0.2, 0) is 22.9 Å². The van der Waals surface area contributed by atoms with Gasteiger partial charge in [0.05, 0.1) is 10.6 Å². The highest BCUT2D eigenvalue weighted by Gasteiger charge is 2.28. The first-order valence-corrected chi connectivity index (χ1v) is 10.2. The lowest BCUT2D eigenvalue weighted by molar-refractivity contribution is 0.102. The Morgan fingerprint density at radius 3 is 2.58 bits per heavy atom. The van der Waals surface area contributed by atoms with E-state index in [2.05, 4.69) is 15.0 Å². The lowest BCUT2D eigenvalue weighted by atomic mass is 10.2.